The third-order valence-electron chi connectivity index (χ3n) is 3.52. The zero-order valence-electron chi connectivity index (χ0n) is 13.3. The summed E-state index contributed by atoms with van der Waals surface area (Å²) < 4.78 is 0. The van der Waals surface area contributed by atoms with Crippen LogP contribution in [0, 0.1) is 16.0 Å². The van der Waals surface area contributed by atoms with Crippen LogP contribution in [0.2, 0.25) is 5.02 Å². The van der Waals surface area contributed by atoms with E-state index in [0.29, 0.717) is 24.1 Å². The molecule has 1 aromatic rings. The van der Waals surface area contributed by atoms with Crippen LogP contribution in [0.1, 0.15) is 24.2 Å². The summed E-state index contributed by atoms with van der Waals surface area (Å²) >= 11 is 7.50. The summed E-state index contributed by atoms with van der Waals surface area (Å²) in [6.45, 7) is 4.52. The molecule has 24 heavy (non-hydrogen) atoms. The zero-order valence-corrected chi connectivity index (χ0v) is 14.9. The number of halogens is 1. The first-order chi connectivity index (χ1) is 11.3. The number of hydrogen-bond donors (Lipinski definition) is 1. The minimum atomic E-state index is -0.575. The summed E-state index contributed by atoms with van der Waals surface area (Å²) in [5.41, 5.74) is -0.0231. The number of nitro benzene ring substituents is 1. The first-order valence-electron chi connectivity index (χ1n) is 7.41. The van der Waals surface area contributed by atoms with Gasteiger partial charge in [-0.15, -0.1) is 11.8 Å². The molecule has 130 valence electrons. The number of nitro groups is 1. The van der Waals surface area contributed by atoms with Crippen LogP contribution in [0.25, 0.3) is 0 Å². The fraction of sp³-hybridized carbons (Fsp3) is 0.467. The van der Waals surface area contributed by atoms with Gasteiger partial charge in [0.05, 0.1) is 21.4 Å². The Morgan fingerprint density at radius 3 is 2.79 bits per heavy atom. The van der Waals surface area contributed by atoms with Gasteiger partial charge >= 0.3 is 0 Å². The lowest BCUT2D eigenvalue weighted by Crippen LogP contribution is -2.48. The fourth-order valence-electron chi connectivity index (χ4n) is 2.23. The largest absolute Gasteiger partial charge is 0.354 e. The molecule has 0 aliphatic carbocycles. The number of nitrogens with zero attached hydrogens (tertiary/aromatic N) is 2. The van der Waals surface area contributed by atoms with Crippen LogP contribution < -0.4 is 5.32 Å². The highest BCUT2D eigenvalue weighted by Gasteiger charge is 2.35. The second-order valence-electron chi connectivity index (χ2n) is 5.85. The Kier molecular flexibility index (Phi) is 6.06. The maximum Gasteiger partial charge on any atom is 0.270 e. The molecule has 0 bridgehead atoms. The summed E-state index contributed by atoms with van der Waals surface area (Å²) in [6.07, 6.45) is 0. The van der Waals surface area contributed by atoms with Crippen LogP contribution in [0.4, 0.5) is 5.69 Å². The summed E-state index contributed by atoms with van der Waals surface area (Å²) in [7, 11) is 0. The Hall–Kier alpha value is -1.80. The summed E-state index contributed by atoms with van der Waals surface area (Å²) in [5, 5.41) is 13.6. The Bertz CT molecular complexity index is 668. The first-order valence-corrected chi connectivity index (χ1v) is 8.95. The normalized spacial score (nSPS) is 17.2. The van der Waals surface area contributed by atoms with E-state index in [1.54, 1.807) is 0 Å². The van der Waals surface area contributed by atoms with E-state index in [2.05, 4.69) is 5.32 Å². The van der Waals surface area contributed by atoms with Gasteiger partial charge in [-0.25, -0.2) is 0 Å². The van der Waals surface area contributed by atoms with E-state index in [1.165, 1.54) is 28.8 Å². The van der Waals surface area contributed by atoms with Gasteiger partial charge in [-0.2, -0.15) is 0 Å². The van der Waals surface area contributed by atoms with Crippen LogP contribution >= 0.6 is 23.4 Å². The molecule has 0 aromatic heterocycles. The van der Waals surface area contributed by atoms with Crippen molar-refractivity contribution in [3.63, 3.8) is 0 Å². The van der Waals surface area contributed by atoms with E-state index in [9.17, 15) is 19.7 Å². The number of carbonyl (C=O) groups is 2. The summed E-state index contributed by atoms with van der Waals surface area (Å²) in [6, 6.07) is 3.14. The number of hydrogen-bond acceptors (Lipinski definition) is 5. The van der Waals surface area contributed by atoms with Crippen molar-refractivity contribution in [1.29, 1.82) is 0 Å². The minimum Gasteiger partial charge on any atom is -0.354 e. The molecule has 1 aliphatic heterocycles. The fourth-order valence-corrected chi connectivity index (χ4v) is 3.64. The smallest absolute Gasteiger partial charge is 0.270 e. The molecule has 1 atom stereocenters. The highest BCUT2D eigenvalue weighted by Crippen LogP contribution is 2.28. The highest BCUT2D eigenvalue weighted by atomic mass is 35.5. The van der Waals surface area contributed by atoms with Gasteiger partial charge in [0.15, 0.2) is 0 Å². The van der Waals surface area contributed by atoms with Gasteiger partial charge in [0, 0.05) is 24.4 Å². The summed E-state index contributed by atoms with van der Waals surface area (Å²) in [5.74, 6) is 0.618. The van der Waals surface area contributed by atoms with Gasteiger partial charge in [-0.1, -0.05) is 25.4 Å². The van der Waals surface area contributed by atoms with Crippen molar-refractivity contribution >= 4 is 40.9 Å². The van der Waals surface area contributed by atoms with Crippen molar-refractivity contribution in [2.45, 2.75) is 19.9 Å². The molecule has 1 fully saturated rings. The van der Waals surface area contributed by atoms with E-state index in [1.807, 2.05) is 13.8 Å². The molecule has 2 amide bonds. The van der Waals surface area contributed by atoms with Crippen LogP contribution in [0.3, 0.4) is 0 Å². The molecule has 0 radical (unpaired) electrons. The molecular formula is C15H18ClN3O4S. The first kappa shape index (κ1) is 18.5. The van der Waals surface area contributed by atoms with Crippen molar-refractivity contribution in [3.05, 3.63) is 38.9 Å². The van der Waals surface area contributed by atoms with Gasteiger partial charge in [0.2, 0.25) is 5.91 Å². The topological polar surface area (TPSA) is 92.6 Å². The Morgan fingerprint density at radius 1 is 1.50 bits per heavy atom. The molecular weight excluding hydrogens is 354 g/mol. The third-order valence-corrected chi connectivity index (χ3v) is 4.85. The minimum absolute atomic E-state index is 0.00689. The number of rotatable bonds is 5. The monoisotopic (exact) mass is 371 g/mol. The van der Waals surface area contributed by atoms with Crippen LogP contribution in [-0.4, -0.2) is 45.9 Å². The number of thioether (sulfide) groups is 1. The van der Waals surface area contributed by atoms with Gasteiger partial charge in [0.25, 0.3) is 11.6 Å². The molecule has 7 nitrogen and oxygen atoms in total. The molecule has 0 saturated carbocycles. The van der Waals surface area contributed by atoms with Crippen LogP contribution in [0.15, 0.2) is 18.2 Å². The lowest BCUT2D eigenvalue weighted by molar-refractivity contribution is -0.384. The molecule has 1 aliphatic rings. The Labute approximate surface area is 148 Å². The van der Waals surface area contributed by atoms with Crippen molar-refractivity contribution < 1.29 is 14.5 Å². The van der Waals surface area contributed by atoms with Crippen molar-refractivity contribution in [2.24, 2.45) is 5.92 Å². The summed E-state index contributed by atoms with van der Waals surface area (Å²) in [4.78, 5) is 36.6. The lowest BCUT2D eigenvalue weighted by Gasteiger charge is -2.23. The predicted octanol–water partition coefficient (Wildman–Crippen LogP) is 2.54. The molecule has 1 heterocycles. The maximum absolute atomic E-state index is 12.7. The Morgan fingerprint density at radius 2 is 2.21 bits per heavy atom. The van der Waals surface area contributed by atoms with Crippen molar-refractivity contribution in [1.82, 2.24) is 10.2 Å². The van der Waals surface area contributed by atoms with Crippen LogP contribution in [0.5, 0.6) is 0 Å². The van der Waals surface area contributed by atoms with E-state index < -0.39 is 16.9 Å². The zero-order chi connectivity index (χ0) is 17.9. The van der Waals surface area contributed by atoms with E-state index in [4.69, 9.17) is 11.6 Å². The Balaban J connectivity index is 2.16. The molecule has 1 saturated heterocycles. The SMILES string of the molecule is CC(C)CNC(=O)C1CSCN1C(=O)c1ccc([N+](=O)[O-])cc1Cl. The highest BCUT2D eigenvalue weighted by molar-refractivity contribution is 7.99. The van der Waals surface area contributed by atoms with Gasteiger partial charge in [-0.05, 0) is 12.0 Å². The molecule has 0 spiro atoms. The number of amides is 2. The standard InChI is InChI=1S/C15H18ClN3O4S/c1-9(2)6-17-14(20)13-7-24-8-18(13)15(21)11-4-3-10(19(22)23)5-12(11)16/h3-5,9,13H,6-8H2,1-2H3,(H,17,20). The number of non-ortho nitro benzene ring substituents is 1. The van der Waals surface area contributed by atoms with E-state index >= 15 is 0 Å². The van der Waals surface area contributed by atoms with Crippen LogP contribution in [-0.2, 0) is 4.79 Å². The number of benzene rings is 1. The molecule has 1 aromatic carbocycles. The van der Waals surface area contributed by atoms with E-state index in [0.717, 1.165) is 6.07 Å². The van der Waals surface area contributed by atoms with Crippen molar-refractivity contribution in [3.8, 4) is 0 Å². The molecule has 9 heteroatoms. The molecule has 1 unspecified atom stereocenters. The quantitative estimate of drug-likeness (QED) is 0.634. The average Bonchev–Trinajstić information content (AvgIpc) is 3.01. The second-order valence-corrected chi connectivity index (χ2v) is 7.26. The predicted molar refractivity (Wildman–Crippen MR) is 93.2 cm³/mol. The van der Waals surface area contributed by atoms with Crippen molar-refractivity contribution in [2.75, 3.05) is 18.2 Å². The number of nitrogens with one attached hydrogen (secondary N) is 1. The van der Waals surface area contributed by atoms with Gasteiger partial charge in [-0.3, -0.25) is 19.7 Å². The van der Waals surface area contributed by atoms with Gasteiger partial charge in [0.1, 0.15) is 6.04 Å². The van der Waals surface area contributed by atoms with Gasteiger partial charge < -0.3 is 10.2 Å². The third kappa shape index (κ3) is 4.18. The second kappa shape index (κ2) is 7.85. The van der Waals surface area contributed by atoms with E-state index in [-0.39, 0.29) is 22.2 Å². The maximum atomic E-state index is 12.7. The molecule has 1 N–H and O–H groups in total. The lowest BCUT2D eigenvalue weighted by atomic mass is 10.1. The number of carbonyl (C=O) groups excluding carboxylic acids is 2. The molecule has 2 rings (SSSR count). The average molecular weight is 372 g/mol.